The molecule has 0 bridgehead atoms. The van der Waals surface area contributed by atoms with Crippen molar-refractivity contribution in [1.82, 2.24) is 4.90 Å². The topological polar surface area (TPSA) is 67.6 Å². The number of carbonyl (C=O) groups is 1. The van der Waals surface area contributed by atoms with Crippen molar-refractivity contribution in [2.75, 3.05) is 30.7 Å². The Kier molecular flexibility index (Phi) is 5.59. The van der Waals surface area contributed by atoms with E-state index in [0.29, 0.717) is 18.2 Å². The Hall–Kier alpha value is -1.59. The molecule has 0 radical (unpaired) electrons. The second kappa shape index (κ2) is 7.43. The van der Waals surface area contributed by atoms with E-state index in [-0.39, 0.29) is 12.0 Å². The number of amides is 1. The van der Waals surface area contributed by atoms with Crippen molar-refractivity contribution in [2.45, 2.75) is 38.8 Å². The largest absolute Gasteiger partial charge is 0.399 e. The molecule has 0 spiro atoms. The van der Waals surface area contributed by atoms with Crippen LogP contribution in [0.3, 0.4) is 0 Å². The van der Waals surface area contributed by atoms with Crippen molar-refractivity contribution >= 4 is 17.3 Å². The van der Waals surface area contributed by atoms with Crippen LogP contribution in [-0.4, -0.2) is 42.6 Å². The molecule has 3 N–H and O–H groups in total. The van der Waals surface area contributed by atoms with Crippen LogP contribution in [0.4, 0.5) is 11.4 Å². The smallest absolute Gasteiger partial charge is 0.225 e. The first kappa shape index (κ1) is 15.8. The Balaban J connectivity index is 1.81. The fraction of sp³-hybridized carbons (Fsp3) is 0.562. The Bertz CT molecular complexity index is 461. The van der Waals surface area contributed by atoms with Crippen molar-refractivity contribution in [3.63, 3.8) is 0 Å². The summed E-state index contributed by atoms with van der Waals surface area (Å²) in [6, 6.07) is 7.63. The number of ether oxygens (including phenoxy) is 1. The van der Waals surface area contributed by atoms with Crippen LogP contribution in [0.2, 0.25) is 0 Å². The third-order valence-corrected chi connectivity index (χ3v) is 3.87. The molecule has 1 fully saturated rings. The number of hydrogen-bond acceptors (Lipinski definition) is 4. The number of nitrogens with zero attached hydrogens (tertiary/aromatic N) is 1. The lowest BCUT2D eigenvalue weighted by Crippen LogP contribution is -2.49. The van der Waals surface area contributed by atoms with Crippen molar-refractivity contribution < 1.29 is 9.53 Å². The van der Waals surface area contributed by atoms with E-state index in [2.05, 4.69) is 24.1 Å². The van der Waals surface area contributed by atoms with Crippen molar-refractivity contribution in [1.29, 1.82) is 0 Å². The van der Waals surface area contributed by atoms with Crippen molar-refractivity contribution in [2.24, 2.45) is 0 Å². The van der Waals surface area contributed by atoms with Gasteiger partial charge in [-0.15, -0.1) is 0 Å². The summed E-state index contributed by atoms with van der Waals surface area (Å²) in [6.07, 6.45) is 1.79. The molecule has 21 heavy (non-hydrogen) atoms. The van der Waals surface area contributed by atoms with Crippen LogP contribution in [0, 0.1) is 0 Å². The first-order valence-corrected chi connectivity index (χ1v) is 7.59. The standard InChI is InChI=1S/C16H25N3O2/c1-3-15-11-21-12(2)10-19(15)9-8-16(20)18-14-6-4-13(17)5-7-14/h4-7,12,15H,3,8-11,17H2,1-2H3,(H,18,20). The molecule has 116 valence electrons. The zero-order chi connectivity index (χ0) is 15.2. The van der Waals surface area contributed by atoms with Crippen LogP contribution in [-0.2, 0) is 9.53 Å². The summed E-state index contributed by atoms with van der Waals surface area (Å²) in [5, 5.41) is 2.90. The third-order valence-electron chi connectivity index (χ3n) is 3.87. The number of morpholine rings is 1. The summed E-state index contributed by atoms with van der Waals surface area (Å²) in [5.74, 6) is 0.0359. The lowest BCUT2D eigenvalue weighted by molar-refractivity contribution is -0.117. The minimum Gasteiger partial charge on any atom is -0.399 e. The fourth-order valence-electron chi connectivity index (χ4n) is 2.60. The van der Waals surface area contributed by atoms with Crippen LogP contribution in [0.15, 0.2) is 24.3 Å². The Morgan fingerprint density at radius 2 is 2.14 bits per heavy atom. The van der Waals surface area contributed by atoms with Gasteiger partial charge in [-0.3, -0.25) is 9.69 Å². The second-order valence-electron chi connectivity index (χ2n) is 5.62. The van der Waals surface area contributed by atoms with Crippen LogP contribution < -0.4 is 11.1 Å². The van der Waals surface area contributed by atoms with Gasteiger partial charge in [0.1, 0.15) is 0 Å². The number of benzene rings is 1. The van der Waals surface area contributed by atoms with Gasteiger partial charge in [0.15, 0.2) is 0 Å². The summed E-state index contributed by atoms with van der Waals surface area (Å²) in [7, 11) is 0. The molecule has 0 aliphatic carbocycles. The zero-order valence-electron chi connectivity index (χ0n) is 12.8. The molecular weight excluding hydrogens is 266 g/mol. The van der Waals surface area contributed by atoms with Gasteiger partial charge in [0.2, 0.25) is 5.91 Å². The molecule has 1 aromatic carbocycles. The molecule has 0 saturated carbocycles. The van der Waals surface area contributed by atoms with E-state index in [1.54, 1.807) is 12.1 Å². The van der Waals surface area contributed by atoms with Gasteiger partial charge in [0, 0.05) is 36.9 Å². The number of anilines is 2. The summed E-state index contributed by atoms with van der Waals surface area (Å²) in [5.41, 5.74) is 7.11. The highest BCUT2D eigenvalue weighted by Crippen LogP contribution is 2.15. The Labute approximate surface area is 126 Å². The maximum absolute atomic E-state index is 12.0. The highest BCUT2D eigenvalue weighted by atomic mass is 16.5. The molecule has 1 heterocycles. The van der Waals surface area contributed by atoms with E-state index >= 15 is 0 Å². The third kappa shape index (κ3) is 4.72. The molecule has 5 nitrogen and oxygen atoms in total. The fourth-order valence-corrected chi connectivity index (χ4v) is 2.60. The number of rotatable bonds is 5. The average molecular weight is 291 g/mol. The summed E-state index contributed by atoms with van der Waals surface area (Å²) < 4.78 is 5.67. The van der Waals surface area contributed by atoms with Crippen LogP contribution >= 0.6 is 0 Å². The first-order chi connectivity index (χ1) is 10.1. The molecule has 0 aromatic heterocycles. The van der Waals surface area contributed by atoms with Gasteiger partial charge >= 0.3 is 0 Å². The molecule has 1 amide bonds. The molecule has 1 aliphatic rings. The van der Waals surface area contributed by atoms with Gasteiger partial charge < -0.3 is 15.8 Å². The van der Waals surface area contributed by atoms with E-state index in [1.807, 2.05) is 12.1 Å². The highest BCUT2D eigenvalue weighted by molar-refractivity contribution is 5.90. The monoisotopic (exact) mass is 291 g/mol. The number of nitrogen functional groups attached to an aromatic ring is 1. The van der Waals surface area contributed by atoms with E-state index in [9.17, 15) is 4.79 Å². The highest BCUT2D eigenvalue weighted by Gasteiger charge is 2.25. The minimum absolute atomic E-state index is 0.0359. The molecule has 1 aromatic rings. The lowest BCUT2D eigenvalue weighted by Gasteiger charge is -2.38. The van der Waals surface area contributed by atoms with Crippen LogP contribution in [0.5, 0.6) is 0 Å². The van der Waals surface area contributed by atoms with Gasteiger partial charge in [-0.2, -0.15) is 0 Å². The SMILES string of the molecule is CCC1COC(C)CN1CCC(=O)Nc1ccc(N)cc1. The van der Waals surface area contributed by atoms with Crippen molar-refractivity contribution in [3.05, 3.63) is 24.3 Å². The molecule has 2 rings (SSSR count). The first-order valence-electron chi connectivity index (χ1n) is 7.59. The van der Waals surface area contributed by atoms with Gasteiger partial charge in [-0.1, -0.05) is 6.92 Å². The predicted octanol–water partition coefficient (Wildman–Crippen LogP) is 2.10. The number of nitrogens with two attached hydrogens (primary N) is 1. The van der Waals surface area contributed by atoms with E-state index in [0.717, 1.165) is 31.8 Å². The molecule has 2 atom stereocenters. The van der Waals surface area contributed by atoms with Gasteiger partial charge in [-0.05, 0) is 37.6 Å². The van der Waals surface area contributed by atoms with Gasteiger partial charge in [0.25, 0.3) is 0 Å². The van der Waals surface area contributed by atoms with E-state index in [1.165, 1.54) is 0 Å². The van der Waals surface area contributed by atoms with Crippen molar-refractivity contribution in [3.8, 4) is 0 Å². The van der Waals surface area contributed by atoms with Gasteiger partial charge in [-0.25, -0.2) is 0 Å². The quantitative estimate of drug-likeness (QED) is 0.815. The normalized spacial score (nSPS) is 23.0. The Morgan fingerprint density at radius 3 is 2.81 bits per heavy atom. The lowest BCUT2D eigenvalue weighted by atomic mass is 10.1. The number of nitrogens with one attached hydrogen (secondary N) is 1. The van der Waals surface area contributed by atoms with Crippen LogP contribution in [0.1, 0.15) is 26.7 Å². The number of hydrogen-bond donors (Lipinski definition) is 2. The van der Waals surface area contributed by atoms with E-state index < -0.39 is 0 Å². The zero-order valence-corrected chi connectivity index (χ0v) is 12.8. The molecule has 1 aliphatic heterocycles. The van der Waals surface area contributed by atoms with E-state index in [4.69, 9.17) is 10.5 Å². The van der Waals surface area contributed by atoms with Crippen LogP contribution in [0.25, 0.3) is 0 Å². The molecule has 1 saturated heterocycles. The maximum Gasteiger partial charge on any atom is 0.225 e. The molecular formula is C16H25N3O2. The predicted molar refractivity (Wildman–Crippen MR) is 85.2 cm³/mol. The summed E-state index contributed by atoms with van der Waals surface area (Å²) in [4.78, 5) is 14.4. The Morgan fingerprint density at radius 1 is 1.43 bits per heavy atom. The molecule has 2 unspecified atom stereocenters. The summed E-state index contributed by atoms with van der Waals surface area (Å²) >= 11 is 0. The second-order valence-corrected chi connectivity index (χ2v) is 5.62. The maximum atomic E-state index is 12.0. The molecule has 5 heteroatoms. The van der Waals surface area contributed by atoms with Gasteiger partial charge in [0.05, 0.1) is 12.7 Å². The summed E-state index contributed by atoms with van der Waals surface area (Å²) in [6.45, 7) is 6.66. The minimum atomic E-state index is 0.0359. The number of carbonyl (C=O) groups excluding carboxylic acids is 1. The average Bonchev–Trinajstić information content (AvgIpc) is 2.48.